The van der Waals surface area contributed by atoms with Gasteiger partial charge in [0.15, 0.2) is 11.5 Å². The van der Waals surface area contributed by atoms with E-state index in [9.17, 15) is 18.0 Å². The average Bonchev–Trinajstić information content (AvgIpc) is 2.92. The zero-order chi connectivity index (χ0) is 17.3. The number of amides is 1. The van der Waals surface area contributed by atoms with E-state index in [4.69, 9.17) is 5.73 Å². The second kappa shape index (κ2) is 5.80. The van der Waals surface area contributed by atoms with E-state index in [0.717, 1.165) is 5.56 Å². The van der Waals surface area contributed by atoms with Crippen molar-refractivity contribution in [3.8, 4) is 0 Å². The third kappa shape index (κ3) is 3.26. The highest BCUT2D eigenvalue weighted by Crippen LogP contribution is 2.27. The Morgan fingerprint density at radius 1 is 1.12 bits per heavy atom. The molecule has 3 rings (SSSR count). The van der Waals surface area contributed by atoms with E-state index < -0.39 is 17.9 Å². The molecule has 0 aliphatic heterocycles. The van der Waals surface area contributed by atoms with Crippen LogP contribution in [0.2, 0.25) is 0 Å². The number of hydrogen-bond donors (Lipinski definition) is 2. The Hall–Kier alpha value is -3.17. The van der Waals surface area contributed by atoms with E-state index in [2.05, 4.69) is 20.6 Å². The number of alkyl halides is 3. The van der Waals surface area contributed by atoms with Crippen LogP contribution in [-0.4, -0.2) is 25.7 Å². The number of carbonyl (C=O) groups excluding carboxylic acids is 1. The molecule has 0 aliphatic carbocycles. The summed E-state index contributed by atoms with van der Waals surface area (Å²) in [6, 6.07) is 9.57. The summed E-state index contributed by atoms with van der Waals surface area (Å²) in [7, 11) is 0. The fourth-order valence-corrected chi connectivity index (χ4v) is 2.09. The van der Waals surface area contributed by atoms with Gasteiger partial charge in [0.1, 0.15) is 0 Å². The summed E-state index contributed by atoms with van der Waals surface area (Å²) in [5.74, 6) is -1.46. The molecule has 2 aromatic heterocycles. The Morgan fingerprint density at radius 2 is 1.83 bits per heavy atom. The topological polar surface area (TPSA) is 98.2 Å². The predicted octanol–water partition coefficient (Wildman–Crippen LogP) is 1.91. The molecule has 124 valence electrons. The van der Waals surface area contributed by atoms with E-state index >= 15 is 0 Å². The molecular weight excluding hydrogens is 325 g/mol. The van der Waals surface area contributed by atoms with Crippen molar-refractivity contribution in [2.45, 2.75) is 12.6 Å². The van der Waals surface area contributed by atoms with Crippen LogP contribution in [0.4, 0.5) is 24.7 Å². The third-order valence-electron chi connectivity index (χ3n) is 3.12. The molecule has 0 atom stereocenters. The highest BCUT2D eigenvalue weighted by Gasteiger charge is 2.37. The predicted molar refractivity (Wildman–Crippen MR) is 78.4 cm³/mol. The van der Waals surface area contributed by atoms with Crippen LogP contribution in [0.25, 0.3) is 5.65 Å². The fraction of sp³-hybridized carbons (Fsp3) is 0.143. The number of aromatic nitrogens is 4. The molecule has 0 unspecified atom stereocenters. The summed E-state index contributed by atoms with van der Waals surface area (Å²) >= 11 is 0. The van der Waals surface area contributed by atoms with Gasteiger partial charge in [0.2, 0.25) is 5.91 Å². The fourth-order valence-electron chi connectivity index (χ4n) is 2.09. The quantitative estimate of drug-likeness (QED) is 0.758. The Bertz CT molecular complexity index is 888. The maximum atomic E-state index is 12.8. The zero-order valence-corrected chi connectivity index (χ0v) is 12.1. The third-order valence-corrected chi connectivity index (χ3v) is 3.12. The molecule has 0 aliphatic rings. The van der Waals surface area contributed by atoms with Crippen LogP contribution in [0.15, 0.2) is 36.4 Å². The minimum atomic E-state index is -4.65. The minimum Gasteiger partial charge on any atom is -0.369 e. The van der Waals surface area contributed by atoms with Crippen molar-refractivity contribution in [1.29, 1.82) is 0 Å². The lowest BCUT2D eigenvalue weighted by Crippen LogP contribution is -2.13. The number of primary amides is 1. The largest absolute Gasteiger partial charge is 0.453 e. The Kier molecular flexibility index (Phi) is 3.80. The number of hydrogen-bond acceptors (Lipinski definition) is 5. The van der Waals surface area contributed by atoms with Crippen molar-refractivity contribution in [1.82, 2.24) is 19.8 Å². The molecule has 0 saturated carbocycles. The van der Waals surface area contributed by atoms with Gasteiger partial charge in [0.05, 0.1) is 6.42 Å². The van der Waals surface area contributed by atoms with Crippen molar-refractivity contribution in [3.63, 3.8) is 0 Å². The monoisotopic (exact) mass is 336 g/mol. The van der Waals surface area contributed by atoms with Gasteiger partial charge in [0.25, 0.3) is 5.82 Å². The van der Waals surface area contributed by atoms with E-state index in [0.29, 0.717) is 10.2 Å². The molecule has 0 fully saturated rings. The number of nitrogens with two attached hydrogens (primary N) is 1. The molecule has 0 radical (unpaired) electrons. The average molecular weight is 336 g/mol. The molecule has 0 bridgehead atoms. The molecule has 1 amide bonds. The molecule has 0 spiro atoms. The van der Waals surface area contributed by atoms with Crippen molar-refractivity contribution < 1.29 is 18.0 Å². The number of halogens is 3. The van der Waals surface area contributed by atoms with Crippen LogP contribution in [0.1, 0.15) is 11.4 Å². The summed E-state index contributed by atoms with van der Waals surface area (Å²) < 4.78 is 39.1. The Labute approximate surface area is 133 Å². The van der Waals surface area contributed by atoms with Crippen LogP contribution in [-0.2, 0) is 17.4 Å². The maximum absolute atomic E-state index is 12.8. The molecule has 1 aromatic carbocycles. The molecule has 3 N–H and O–H groups in total. The van der Waals surface area contributed by atoms with E-state index in [1.165, 1.54) is 12.1 Å². The first kappa shape index (κ1) is 15.7. The van der Waals surface area contributed by atoms with Crippen molar-refractivity contribution in [3.05, 3.63) is 47.8 Å². The lowest BCUT2D eigenvalue weighted by atomic mass is 10.1. The molecule has 3 aromatic rings. The van der Waals surface area contributed by atoms with Crippen LogP contribution < -0.4 is 11.1 Å². The minimum absolute atomic E-state index is 0.00955. The Morgan fingerprint density at radius 3 is 2.46 bits per heavy atom. The van der Waals surface area contributed by atoms with Gasteiger partial charge in [-0.3, -0.25) is 4.79 Å². The van der Waals surface area contributed by atoms with Crippen molar-refractivity contribution in [2.24, 2.45) is 5.73 Å². The number of fused-ring (bicyclic) bond motifs is 1. The second-order valence-corrected chi connectivity index (χ2v) is 4.97. The summed E-state index contributed by atoms with van der Waals surface area (Å²) in [5.41, 5.74) is 6.42. The number of rotatable bonds is 4. The van der Waals surface area contributed by atoms with Gasteiger partial charge in [-0.25, -0.2) is 0 Å². The van der Waals surface area contributed by atoms with Crippen LogP contribution in [0.3, 0.4) is 0 Å². The number of benzene rings is 1. The molecule has 7 nitrogen and oxygen atoms in total. The normalized spacial score (nSPS) is 11.6. The smallest absolute Gasteiger partial charge is 0.369 e. The first-order valence-corrected chi connectivity index (χ1v) is 6.77. The van der Waals surface area contributed by atoms with E-state index in [1.807, 2.05) is 0 Å². The first-order valence-electron chi connectivity index (χ1n) is 6.77. The second-order valence-electron chi connectivity index (χ2n) is 4.97. The van der Waals surface area contributed by atoms with Gasteiger partial charge in [-0.05, 0) is 29.8 Å². The number of nitrogens with one attached hydrogen (secondary N) is 1. The molecule has 0 saturated heterocycles. The van der Waals surface area contributed by atoms with Gasteiger partial charge in [0, 0.05) is 5.69 Å². The number of nitrogens with zero attached hydrogens (tertiary/aromatic N) is 4. The lowest BCUT2D eigenvalue weighted by molar-refractivity contribution is -0.146. The van der Waals surface area contributed by atoms with Crippen LogP contribution >= 0.6 is 0 Å². The molecule has 10 heteroatoms. The lowest BCUT2D eigenvalue weighted by Gasteiger charge is -2.08. The maximum Gasteiger partial charge on any atom is 0.453 e. The SMILES string of the molecule is NC(=O)Cc1ccc(Nc2ccc3nnc(C(F)(F)F)n3n2)cc1. The van der Waals surface area contributed by atoms with Gasteiger partial charge in [-0.15, -0.1) is 15.3 Å². The van der Waals surface area contributed by atoms with E-state index in [-0.39, 0.29) is 17.9 Å². The Balaban J connectivity index is 1.86. The van der Waals surface area contributed by atoms with Crippen molar-refractivity contribution >= 4 is 23.1 Å². The molecular formula is C14H11F3N6O. The summed E-state index contributed by atoms with van der Waals surface area (Å²) in [5, 5.41) is 13.3. The zero-order valence-electron chi connectivity index (χ0n) is 12.1. The van der Waals surface area contributed by atoms with E-state index in [1.54, 1.807) is 24.3 Å². The van der Waals surface area contributed by atoms with Crippen LogP contribution in [0.5, 0.6) is 0 Å². The standard InChI is InChI=1S/C14H11F3N6O/c15-14(16,17)13-21-20-12-6-5-11(22-23(12)13)19-9-3-1-8(2-4-9)7-10(18)24/h1-6H,7H2,(H2,18,24)(H,19,22). The summed E-state index contributed by atoms with van der Waals surface area (Å²) in [4.78, 5) is 10.8. The highest BCUT2D eigenvalue weighted by molar-refractivity contribution is 5.76. The van der Waals surface area contributed by atoms with Gasteiger partial charge in [-0.1, -0.05) is 12.1 Å². The van der Waals surface area contributed by atoms with Crippen LogP contribution in [0, 0.1) is 0 Å². The number of anilines is 2. The molecule has 2 heterocycles. The summed E-state index contributed by atoms with van der Waals surface area (Å²) in [6.45, 7) is 0. The van der Waals surface area contributed by atoms with Gasteiger partial charge >= 0.3 is 6.18 Å². The van der Waals surface area contributed by atoms with Crippen molar-refractivity contribution in [2.75, 3.05) is 5.32 Å². The molecule has 24 heavy (non-hydrogen) atoms. The summed E-state index contributed by atoms with van der Waals surface area (Å²) in [6.07, 6.45) is -4.54. The van der Waals surface area contributed by atoms with Gasteiger partial charge < -0.3 is 11.1 Å². The number of carbonyl (C=O) groups is 1. The highest BCUT2D eigenvalue weighted by atomic mass is 19.4. The van der Waals surface area contributed by atoms with Gasteiger partial charge in [-0.2, -0.15) is 17.7 Å². The first-order chi connectivity index (χ1) is 11.3.